The Bertz CT molecular complexity index is 1240. The van der Waals surface area contributed by atoms with Crippen molar-refractivity contribution in [1.82, 2.24) is 4.98 Å². The smallest absolute Gasteiger partial charge is 0.512 e. The van der Waals surface area contributed by atoms with E-state index in [1.165, 1.54) is 30.7 Å². The van der Waals surface area contributed by atoms with Gasteiger partial charge in [0.25, 0.3) is 0 Å². The van der Waals surface area contributed by atoms with E-state index in [9.17, 15) is 4.79 Å². The SMILES string of the molecule is CC(=O)/C=C(/C)O.[CH2-]c1cccc2c3ccccc3c3nc(C)c[n+]([CH2-])c3c12.[CH3-].[Ir+3]. The zero-order valence-electron chi connectivity index (χ0n) is 17.7. The number of ketones is 1. The second-order valence-corrected chi connectivity index (χ2v) is 6.83. The first-order valence-corrected chi connectivity index (χ1v) is 8.96. The fourth-order valence-electron chi connectivity index (χ4n) is 3.46. The van der Waals surface area contributed by atoms with E-state index in [4.69, 9.17) is 10.1 Å². The Morgan fingerprint density at radius 2 is 1.67 bits per heavy atom. The molecule has 0 saturated carbocycles. The largest absolute Gasteiger partial charge is 3.00 e. The summed E-state index contributed by atoms with van der Waals surface area (Å²) < 4.78 is 1.92. The van der Waals surface area contributed by atoms with Crippen LogP contribution in [0.15, 0.2) is 60.5 Å². The first kappa shape index (κ1) is 25.2. The minimum Gasteiger partial charge on any atom is -0.512 e. The van der Waals surface area contributed by atoms with Crippen molar-refractivity contribution in [3.8, 4) is 0 Å². The molecule has 0 radical (unpaired) electrons. The first-order valence-electron chi connectivity index (χ1n) is 8.96. The number of aliphatic hydroxyl groups is 1. The molecule has 3 aromatic carbocycles. The molecule has 0 aliphatic rings. The predicted octanol–water partition coefficient (Wildman–Crippen LogP) is 5.44. The number of aromatic nitrogens is 2. The molecule has 1 heterocycles. The molecule has 0 fully saturated rings. The summed E-state index contributed by atoms with van der Waals surface area (Å²) >= 11 is 0. The van der Waals surface area contributed by atoms with Crippen LogP contribution in [0.5, 0.6) is 0 Å². The summed E-state index contributed by atoms with van der Waals surface area (Å²) in [6, 6.07) is 14.6. The number of aryl methyl sites for hydroxylation is 1. The van der Waals surface area contributed by atoms with Gasteiger partial charge in [0.05, 0.1) is 23.0 Å². The topological polar surface area (TPSA) is 54.1 Å². The zero-order valence-corrected chi connectivity index (χ0v) is 20.1. The number of hydrogen-bond acceptors (Lipinski definition) is 3. The van der Waals surface area contributed by atoms with Crippen LogP contribution >= 0.6 is 0 Å². The number of allylic oxidation sites excluding steroid dienone is 2. The first-order chi connectivity index (χ1) is 13.3. The van der Waals surface area contributed by atoms with Crippen LogP contribution in [0.2, 0.25) is 0 Å². The van der Waals surface area contributed by atoms with Crippen LogP contribution in [0.25, 0.3) is 32.6 Å². The fraction of sp³-hybridized carbons (Fsp3) is 0.120. The number of benzene rings is 3. The molecule has 5 heteroatoms. The van der Waals surface area contributed by atoms with Gasteiger partial charge in [-0.2, -0.15) is 18.6 Å². The minimum atomic E-state index is -0.125. The summed E-state index contributed by atoms with van der Waals surface area (Å²) in [6.45, 7) is 9.04. The number of carbonyl (C=O) groups excluding carboxylic acids is 1. The van der Waals surface area contributed by atoms with Crippen LogP contribution in [0.3, 0.4) is 0 Å². The third kappa shape index (κ3) is 4.99. The number of fused-ring (bicyclic) bond motifs is 6. The molecule has 0 spiro atoms. The Morgan fingerprint density at radius 1 is 1.07 bits per heavy atom. The molecule has 0 aliphatic heterocycles. The summed E-state index contributed by atoms with van der Waals surface area (Å²) in [5.41, 5.74) is 4.00. The van der Waals surface area contributed by atoms with Gasteiger partial charge >= 0.3 is 20.1 Å². The van der Waals surface area contributed by atoms with Gasteiger partial charge in [-0.25, -0.2) is 0 Å². The predicted molar refractivity (Wildman–Crippen MR) is 120 cm³/mol. The van der Waals surface area contributed by atoms with Crippen molar-refractivity contribution in [2.24, 2.45) is 0 Å². The van der Waals surface area contributed by atoms with Gasteiger partial charge in [0.1, 0.15) is 0 Å². The molecule has 4 nitrogen and oxygen atoms in total. The van der Waals surface area contributed by atoms with E-state index in [-0.39, 0.29) is 39.1 Å². The van der Waals surface area contributed by atoms with Gasteiger partial charge in [0.15, 0.2) is 5.78 Å². The van der Waals surface area contributed by atoms with Crippen LogP contribution in [-0.2, 0) is 24.9 Å². The third-order valence-electron chi connectivity index (χ3n) is 4.41. The normalized spacial score (nSPS) is 10.7. The summed E-state index contributed by atoms with van der Waals surface area (Å²) in [5.74, 6) is -0.0625. The zero-order chi connectivity index (χ0) is 20.4. The van der Waals surface area contributed by atoms with Crippen molar-refractivity contribution in [2.75, 3.05) is 0 Å². The van der Waals surface area contributed by atoms with Gasteiger partial charge in [0.2, 0.25) is 0 Å². The van der Waals surface area contributed by atoms with Crippen molar-refractivity contribution in [1.29, 1.82) is 0 Å². The van der Waals surface area contributed by atoms with E-state index >= 15 is 0 Å². The minimum absolute atomic E-state index is 0. The van der Waals surface area contributed by atoms with Crippen molar-refractivity contribution >= 4 is 38.4 Å². The van der Waals surface area contributed by atoms with E-state index in [0.717, 1.165) is 33.1 Å². The van der Waals surface area contributed by atoms with Crippen molar-refractivity contribution in [3.05, 3.63) is 93.2 Å². The Labute approximate surface area is 191 Å². The second kappa shape index (κ2) is 10.2. The number of nitrogens with zero attached hydrogens (tertiary/aromatic N) is 2. The molecule has 1 aromatic heterocycles. The van der Waals surface area contributed by atoms with Crippen LogP contribution in [0, 0.1) is 28.3 Å². The molecule has 1 N–H and O–H groups in total. The number of rotatable bonds is 1. The molecule has 4 rings (SSSR count). The van der Waals surface area contributed by atoms with E-state index < -0.39 is 0 Å². The molecule has 0 saturated heterocycles. The molecule has 0 unspecified atom stereocenters. The molecule has 0 atom stereocenters. The van der Waals surface area contributed by atoms with E-state index in [1.807, 2.05) is 23.8 Å². The molecule has 0 amide bonds. The standard InChI is InChI=1S/C19H15N2.C5H8O2.CH3.Ir/c1-12-7-6-10-15-14-8-4-5-9-16(14)18-19(17(12)15)21(3)11-13(2)20-18;1-4(6)3-5(2)7;;/h4-11H,1,3H2,2H3;3,6H,1-2H3;1H3;/q-1;;-1;+3/b;4-3-;;. The quantitative estimate of drug-likeness (QED) is 0.108. The maximum atomic E-state index is 10.0. The second-order valence-electron chi connectivity index (χ2n) is 6.83. The Hall–Kier alpha value is -2.88. The summed E-state index contributed by atoms with van der Waals surface area (Å²) in [5, 5.41) is 13.1. The Morgan fingerprint density at radius 3 is 2.23 bits per heavy atom. The van der Waals surface area contributed by atoms with Gasteiger partial charge < -0.3 is 17.1 Å². The van der Waals surface area contributed by atoms with Crippen LogP contribution < -0.4 is 4.57 Å². The summed E-state index contributed by atoms with van der Waals surface area (Å²) in [6.07, 6.45) is 3.13. The molecular formula is C25H26IrN2O2+. The van der Waals surface area contributed by atoms with Crippen LogP contribution in [-0.4, -0.2) is 15.9 Å². The summed E-state index contributed by atoms with van der Waals surface area (Å²) in [4.78, 5) is 14.8. The van der Waals surface area contributed by atoms with Gasteiger partial charge in [-0.1, -0.05) is 35.7 Å². The van der Waals surface area contributed by atoms with E-state index in [0.29, 0.717) is 0 Å². The number of carbonyl (C=O) groups is 1. The third-order valence-corrected chi connectivity index (χ3v) is 4.41. The van der Waals surface area contributed by atoms with Crippen LogP contribution in [0.4, 0.5) is 0 Å². The Kier molecular flexibility index (Phi) is 8.59. The van der Waals surface area contributed by atoms with Crippen molar-refractivity contribution in [2.45, 2.75) is 20.8 Å². The van der Waals surface area contributed by atoms with Crippen LogP contribution in [0.1, 0.15) is 25.1 Å². The van der Waals surface area contributed by atoms with Crippen molar-refractivity contribution < 1.29 is 34.6 Å². The maximum absolute atomic E-state index is 10.0. The van der Waals surface area contributed by atoms with Gasteiger partial charge in [-0.3, -0.25) is 9.78 Å². The monoisotopic (exact) mass is 579 g/mol. The van der Waals surface area contributed by atoms with Crippen molar-refractivity contribution in [3.63, 3.8) is 0 Å². The van der Waals surface area contributed by atoms with Gasteiger partial charge in [-0.05, 0) is 31.5 Å². The average Bonchev–Trinajstić information content (AvgIpc) is 2.61. The molecular weight excluding hydrogens is 553 g/mol. The number of aliphatic hydroxyl groups excluding tert-OH is 1. The molecule has 4 aromatic rings. The summed E-state index contributed by atoms with van der Waals surface area (Å²) in [7, 11) is 4.16. The average molecular weight is 579 g/mol. The Balaban J connectivity index is 0.000000439. The molecule has 0 aliphatic carbocycles. The molecule has 156 valence electrons. The number of hydrogen-bond donors (Lipinski definition) is 1. The molecule has 0 bridgehead atoms. The van der Waals surface area contributed by atoms with Gasteiger partial charge in [0, 0.05) is 18.8 Å². The maximum Gasteiger partial charge on any atom is 3.00 e. The fourth-order valence-corrected chi connectivity index (χ4v) is 3.46. The van der Waals surface area contributed by atoms with Gasteiger partial charge in [-0.15, -0.1) is 11.5 Å². The van der Waals surface area contributed by atoms with E-state index in [1.54, 1.807) is 0 Å². The molecule has 30 heavy (non-hydrogen) atoms. The van der Waals surface area contributed by atoms with E-state index in [2.05, 4.69) is 50.4 Å².